The van der Waals surface area contributed by atoms with E-state index in [4.69, 9.17) is 4.52 Å². The SMILES string of the molecule is CCCCCCCCCCCCCCP(CCCCCC)(CCCCCC)(CCCCCC)OC(=O)CCCCCCC. The Kier molecular flexibility index (Phi) is 30.5. The average Bonchev–Trinajstić information content (AvgIpc) is 3.00. The van der Waals surface area contributed by atoms with E-state index in [0.717, 1.165) is 6.42 Å². The van der Waals surface area contributed by atoms with Crippen LogP contribution in [0.25, 0.3) is 0 Å². The summed E-state index contributed by atoms with van der Waals surface area (Å²) in [4.78, 5) is 13.7. The number of hydrogen-bond donors (Lipinski definition) is 0. The standard InChI is InChI=1S/C40H83O2P/c1-6-11-16-21-22-23-24-25-26-27-29-34-39-43(36-31-18-13-8-3,37-32-19-14-9-4,38-33-20-15-10-5)42-40(41)35-30-28-17-12-7-2/h6-39H2,1-5H3. The van der Waals surface area contributed by atoms with Gasteiger partial charge in [-0.1, -0.05) is 13.3 Å². The summed E-state index contributed by atoms with van der Waals surface area (Å²) in [5.74, 6) is 0.176. The molecule has 0 unspecified atom stereocenters. The van der Waals surface area contributed by atoms with E-state index >= 15 is 0 Å². The second kappa shape index (κ2) is 30.5. The normalized spacial score (nSPS) is 12.8. The maximum atomic E-state index is 13.7. The molecule has 0 N–H and O–H groups in total. The minimum absolute atomic E-state index is 0.176. The molecule has 0 aliphatic carbocycles. The van der Waals surface area contributed by atoms with Crippen molar-refractivity contribution in [2.45, 2.75) is 227 Å². The van der Waals surface area contributed by atoms with Gasteiger partial charge in [0.1, 0.15) is 0 Å². The van der Waals surface area contributed by atoms with Crippen LogP contribution in [0.15, 0.2) is 0 Å². The van der Waals surface area contributed by atoms with E-state index in [0.29, 0.717) is 6.42 Å². The molecule has 0 saturated carbocycles. The summed E-state index contributed by atoms with van der Waals surface area (Å²) in [5.41, 5.74) is 0. The van der Waals surface area contributed by atoms with E-state index < -0.39 is 6.83 Å². The van der Waals surface area contributed by atoms with Crippen molar-refractivity contribution in [1.82, 2.24) is 0 Å². The van der Waals surface area contributed by atoms with Gasteiger partial charge in [-0.05, 0) is 0 Å². The Hall–Kier alpha value is -0.100. The third kappa shape index (κ3) is 23.8. The molecule has 0 aliphatic rings. The van der Waals surface area contributed by atoms with E-state index in [-0.39, 0.29) is 5.97 Å². The van der Waals surface area contributed by atoms with E-state index in [1.807, 2.05) is 0 Å². The van der Waals surface area contributed by atoms with Gasteiger partial charge in [-0.3, -0.25) is 0 Å². The van der Waals surface area contributed by atoms with E-state index in [2.05, 4.69) is 34.6 Å². The molecule has 260 valence electrons. The van der Waals surface area contributed by atoms with Gasteiger partial charge in [0, 0.05) is 0 Å². The van der Waals surface area contributed by atoms with E-state index in [1.54, 1.807) is 0 Å². The van der Waals surface area contributed by atoms with Crippen LogP contribution in [0.1, 0.15) is 227 Å². The van der Waals surface area contributed by atoms with Crippen LogP contribution in [0.4, 0.5) is 0 Å². The predicted molar refractivity (Wildman–Crippen MR) is 199 cm³/mol. The summed E-state index contributed by atoms with van der Waals surface area (Å²) in [5, 5.41) is 0. The van der Waals surface area contributed by atoms with Crippen molar-refractivity contribution in [3.63, 3.8) is 0 Å². The van der Waals surface area contributed by atoms with Crippen LogP contribution in [0.2, 0.25) is 0 Å². The number of rotatable bonds is 35. The molecule has 0 radical (unpaired) electrons. The molecule has 43 heavy (non-hydrogen) atoms. The van der Waals surface area contributed by atoms with Gasteiger partial charge in [-0.15, -0.1) is 0 Å². The molecule has 0 saturated heterocycles. The quantitative estimate of drug-likeness (QED) is 0.0517. The average molecular weight is 627 g/mol. The molecule has 0 heterocycles. The molecule has 0 bridgehead atoms. The monoisotopic (exact) mass is 627 g/mol. The summed E-state index contributed by atoms with van der Waals surface area (Å²) in [6.07, 6.45) is 43.8. The maximum absolute atomic E-state index is 13.7. The van der Waals surface area contributed by atoms with Crippen LogP contribution < -0.4 is 0 Å². The van der Waals surface area contributed by atoms with Crippen molar-refractivity contribution in [3.8, 4) is 0 Å². The fourth-order valence-electron chi connectivity index (χ4n) is 7.23. The molecular weight excluding hydrogens is 543 g/mol. The Morgan fingerprint density at radius 2 is 0.581 bits per heavy atom. The topological polar surface area (TPSA) is 26.3 Å². The van der Waals surface area contributed by atoms with Gasteiger partial charge in [0.15, 0.2) is 0 Å². The molecule has 0 rings (SSSR count). The fraction of sp³-hybridized carbons (Fsp3) is 0.975. The van der Waals surface area contributed by atoms with Crippen LogP contribution >= 0.6 is 6.83 Å². The number of carbonyl (C=O) groups excluding carboxylic acids is 1. The van der Waals surface area contributed by atoms with Crippen molar-refractivity contribution >= 4 is 12.8 Å². The molecule has 0 aromatic rings. The first-order chi connectivity index (χ1) is 21.0. The molecule has 3 heteroatoms. The molecule has 0 fully saturated rings. The predicted octanol–water partition coefficient (Wildman–Crippen LogP) is 14.8. The summed E-state index contributed by atoms with van der Waals surface area (Å²) in [6, 6.07) is 0. The molecule has 0 atom stereocenters. The van der Waals surface area contributed by atoms with Crippen molar-refractivity contribution in [1.29, 1.82) is 0 Å². The van der Waals surface area contributed by atoms with Crippen molar-refractivity contribution < 1.29 is 9.32 Å². The van der Waals surface area contributed by atoms with Gasteiger partial charge in [0.25, 0.3) is 0 Å². The van der Waals surface area contributed by atoms with Gasteiger partial charge >= 0.3 is 261 Å². The molecule has 0 aromatic carbocycles. The zero-order valence-corrected chi connectivity index (χ0v) is 31.7. The zero-order valence-electron chi connectivity index (χ0n) is 30.8. The van der Waals surface area contributed by atoms with Crippen LogP contribution in [0.3, 0.4) is 0 Å². The van der Waals surface area contributed by atoms with Crippen LogP contribution in [0, 0.1) is 0 Å². The molecular formula is C40H83O2P. The summed E-state index contributed by atoms with van der Waals surface area (Å²) >= 11 is 0. The number of hydrogen-bond acceptors (Lipinski definition) is 2. The van der Waals surface area contributed by atoms with Crippen LogP contribution in [0.5, 0.6) is 0 Å². The first-order valence-electron chi connectivity index (χ1n) is 20.2. The molecule has 0 aliphatic heterocycles. The van der Waals surface area contributed by atoms with E-state index in [9.17, 15) is 4.79 Å². The molecule has 0 spiro atoms. The summed E-state index contributed by atoms with van der Waals surface area (Å²) in [6.45, 7) is 8.94. The number of unbranched alkanes of at least 4 members (excludes halogenated alkanes) is 24. The Morgan fingerprint density at radius 3 is 0.884 bits per heavy atom. The van der Waals surface area contributed by atoms with Gasteiger partial charge < -0.3 is 0 Å². The molecule has 0 amide bonds. The first kappa shape index (κ1) is 42.9. The Morgan fingerprint density at radius 1 is 0.349 bits per heavy atom. The van der Waals surface area contributed by atoms with Gasteiger partial charge in [0.2, 0.25) is 0 Å². The fourth-order valence-corrected chi connectivity index (χ4v) is 13.7. The van der Waals surface area contributed by atoms with Crippen molar-refractivity contribution in [3.05, 3.63) is 0 Å². The third-order valence-corrected chi connectivity index (χ3v) is 16.7. The zero-order chi connectivity index (χ0) is 31.8. The van der Waals surface area contributed by atoms with Gasteiger partial charge in [-0.2, -0.15) is 0 Å². The molecule has 2 nitrogen and oxygen atoms in total. The second-order valence-corrected chi connectivity index (χ2v) is 20.1. The Balaban J connectivity index is 5.49. The molecule has 0 aromatic heterocycles. The second-order valence-electron chi connectivity index (χ2n) is 14.5. The summed E-state index contributed by atoms with van der Waals surface area (Å²) in [7, 11) is 0. The third-order valence-electron chi connectivity index (χ3n) is 10.2. The van der Waals surface area contributed by atoms with Crippen LogP contribution in [-0.2, 0) is 9.32 Å². The van der Waals surface area contributed by atoms with E-state index in [1.165, 1.54) is 204 Å². The van der Waals surface area contributed by atoms with Crippen molar-refractivity contribution in [2.75, 3.05) is 24.6 Å². The van der Waals surface area contributed by atoms with Crippen molar-refractivity contribution in [2.24, 2.45) is 0 Å². The Labute approximate surface area is 273 Å². The first-order valence-corrected chi connectivity index (χ1v) is 23.1. The number of carbonyl (C=O) groups is 1. The van der Waals surface area contributed by atoms with Gasteiger partial charge in [0.05, 0.1) is 0 Å². The summed E-state index contributed by atoms with van der Waals surface area (Å²) < 4.78 is 7.16. The Bertz CT molecular complexity index is 555. The minimum atomic E-state index is -2.59. The van der Waals surface area contributed by atoms with Gasteiger partial charge in [-0.25, -0.2) is 0 Å². The van der Waals surface area contributed by atoms with Crippen LogP contribution in [-0.4, -0.2) is 30.6 Å².